The van der Waals surface area contributed by atoms with Gasteiger partial charge in [-0.25, -0.2) is 0 Å². The Kier molecular flexibility index (Phi) is 4.03. The molecule has 76 valence electrons. The molecule has 3 atom stereocenters. The topological polar surface area (TPSA) is 116 Å². The maximum atomic E-state index is 8.31. The van der Waals surface area contributed by atoms with Crippen LogP contribution in [0.25, 0.3) is 20.9 Å². The van der Waals surface area contributed by atoms with Gasteiger partial charge in [0.05, 0.1) is 18.7 Å². The molecule has 14 heavy (non-hydrogen) atoms. The van der Waals surface area contributed by atoms with Gasteiger partial charge in [-0.3, -0.25) is 0 Å². The van der Waals surface area contributed by atoms with Crippen LogP contribution in [0.15, 0.2) is 10.2 Å². The third kappa shape index (κ3) is 2.51. The van der Waals surface area contributed by atoms with Crippen molar-refractivity contribution >= 4 is 0 Å². The molecule has 1 heterocycles. The molecule has 1 saturated heterocycles. The third-order valence-electron chi connectivity index (χ3n) is 1.99. The molecular formula is C6H10N6O2. The maximum Gasteiger partial charge on any atom is 0.157 e. The molecule has 0 unspecified atom stereocenters. The zero-order chi connectivity index (χ0) is 10.4. The van der Waals surface area contributed by atoms with E-state index in [9.17, 15) is 0 Å². The Morgan fingerprint density at radius 2 is 1.93 bits per heavy atom. The van der Waals surface area contributed by atoms with Gasteiger partial charge in [0, 0.05) is 23.4 Å². The fourth-order valence-corrected chi connectivity index (χ4v) is 1.27. The highest BCUT2D eigenvalue weighted by Crippen LogP contribution is 2.20. The zero-order valence-electron chi connectivity index (χ0n) is 7.65. The maximum absolute atomic E-state index is 8.31. The lowest BCUT2D eigenvalue weighted by molar-refractivity contribution is -0.153. The van der Waals surface area contributed by atoms with Crippen LogP contribution in [0.3, 0.4) is 0 Å². The van der Waals surface area contributed by atoms with Gasteiger partial charge in [0.1, 0.15) is 0 Å². The molecule has 1 aliphatic rings. The van der Waals surface area contributed by atoms with Crippen molar-refractivity contribution in [3.8, 4) is 0 Å². The number of methoxy groups -OCH3 is 1. The second kappa shape index (κ2) is 5.31. The van der Waals surface area contributed by atoms with E-state index in [0.717, 1.165) is 0 Å². The molecule has 0 aromatic heterocycles. The molecule has 0 aliphatic carbocycles. The molecule has 0 bridgehead atoms. The average Bonchev–Trinajstić information content (AvgIpc) is 2.21. The van der Waals surface area contributed by atoms with E-state index in [2.05, 4.69) is 20.1 Å². The average molecular weight is 198 g/mol. The molecule has 0 saturated carbocycles. The molecule has 0 N–H and O–H groups in total. The third-order valence-corrected chi connectivity index (χ3v) is 1.99. The number of azide groups is 2. The van der Waals surface area contributed by atoms with Crippen LogP contribution in [-0.4, -0.2) is 32.1 Å². The lowest BCUT2D eigenvalue weighted by Crippen LogP contribution is -2.39. The van der Waals surface area contributed by atoms with E-state index in [4.69, 9.17) is 20.5 Å². The molecule has 0 aromatic carbocycles. The summed E-state index contributed by atoms with van der Waals surface area (Å²) >= 11 is 0. The van der Waals surface area contributed by atoms with Crippen molar-refractivity contribution in [3.05, 3.63) is 20.9 Å². The van der Waals surface area contributed by atoms with Gasteiger partial charge >= 0.3 is 0 Å². The van der Waals surface area contributed by atoms with Crippen LogP contribution in [0.4, 0.5) is 0 Å². The van der Waals surface area contributed by atoms with Gasteiger partial charge in [-0.15, -0.1) is 0 Å². The minimum atomic E-state index is -0.442. The van der Waals surface area contributed by atoms with Crippen molar-refractivity contribution in [1.82, 2.24) is 0 Å². The molecule has 1 rings (SSSR count). The first-order valence-corrected chi connectivity index (χ1v) is 4.04. The predicted octanol–water partition coefficient (Wildman–Crippen LogP) is 1.74. The van der Waals surface area contributed by atoms with Crippen molar-refractivity contribution in [2.24, 2.45) is 10.2 Å². The van der Waals surface area contributed by atoms with Crippen molar-refractivity contribution < 1.29 is 9.47 Å². The predicted molar refractivity (Wildman–Crippen MR) is 47.2 cm³/mol. The highest BCUT2D eigenvalue weighted by Gasteiger charge is 2.29. The largest absolute Gasteiger partial charge is 0.356 e. The van der Waals surface area contributed by atoms with Crippen LogP contribution < -0.4 is 0 Å². The fourth-order valence-electron chi connectivity index (χ4n) is 1.27. The molecule has 0 aromatic rings. The van der Waals surface area contributed by atoms with E-state index >= 15 is 0 Å². The Labute approximate surface area is 80.1 Å². The second-order valence-electron chi connectivity index (χ2n) is 2.78. The van der Waals surface area contributed by atoms with Crippen LogP contribution >= 0.6 is 0 Å². The number of hydrogen-bond acceptors (Lipinski definition) is 4. The summed E-state index contributed by atoms with van der Waals surface area (Å²) in [6, 6.07) is -0.836. The molecule has 8 heteroatoms. The SMILES string of the molecule is CO[C@H]1C[C@@H](N=[N+]=[N-])[C@@H](N=[N+]=[N-])CO1. The van der Waals surface area contributed by atoms with Crippen LogP contribution in [0, 0.1) is 0 Å². The summed E-state index contributed by atoms with van der Waals surface area (Å²) < 4.78 is 10.2. The molecule has 0 spiro atoms. The summed E-state index contributed by atoms with van der Waals surface area (Å²) in [5, 5.41) is 7.03. The Hall–Kier alpha value is -1.46. The molecular weight excluding hydrogens is 188 g/mol. The van der Waals surface area contributed by atoms with Gasteiger partial charge in [-0.1, -0.05) is 10.2 Å². The first-order valence-electron chi connectivity index (χ1n) is 4.04. The van der Waals surface area contributed by atoms with Gasteiger partial charge < -0.3 is 9.47 Å². The van der Waals surface area contributed by atoms with E-state index in [-0.39, 0.29) is 6.61 Å². The molecule has 0 radical (unpaired) electrons. The Bertz CT molecular complexity index is 282. The number of rotatable bonds is 3. The summed E-state index contributed by atoms with van der Waals surface area (Å²) in [6.07, 6.45) is 0.0141. The Morgan fingerprint density at radius 1 is 1.29 bits per heavy atom. The lowest BCUT2D eigenvalue weighted by atomic mass is 10.0. The van der Waals surface area contributed by atoms with E-state index in [1.165, 1.54) is 7.11 Å². The minimum Gasteiger partial charge on any atom is -0.356 e. The van der Waals surface area contributed by atoms with E-state index in [1.54, 1.807) is 0 Å². The van der Waals surface area contributed by atoms with Gasteiger partial charge in [0.2, 0.25) is 0 Å². The van der Waals surface area contributed by atoms with Gasteiger partial charge in [-0.05, 0) is 11.1 Å². The summed E-state index contributed by atoms with van der Waals surface area (Å²) in [5.74, 6) is 0. The van der Waals surface area contributed by atoms with Crippen molar-refractivity contribution in [1.29, 1.82) is 0 Å². The molecule has 8 nitrogen and oxygen atoms in total. The first kappa shape index (κ1) is 10.6. The van der Waals surface area contributed by atoms with E-state index < -0.39 is 18.4 Å². The standard InChI is InChI=1S/C6H10N6O2/c1-13-6-2-4(9-11-7)5(3-14-6)10-12-8/h4-6H,2-3H2,1H3/t4-,5+,6-/m1/s1. The fraction of sp³-hybridized carbons (Fsp3) is 1.00. The molecule has 1 aliphatic heterocycles. The summed E-state index contributed by atoms with van der Waals surface area (Å²) in [5.41, 5.74) is 16.6. The smallest absolute Gasteiger partial charge is 0.157 e. The van der Waals surface area contributed by atoms with Gasteiger partial charge in [0.15, 0.2) is 6.29 Å². The molecule has 1 fully saturated rings. The normalized spacial score (nSPS) is 31.4. The van der Waals surface area contributed by atoms with Gasteiger partial charge in [-0.2, -0.15) is 0 Å². The number of nitrogens with zero attached hydrogens (tertiary/aromatic N) is 6. The van der Waals surface area contributed by atoms with Gasteiger partial charge in [0.25, 0.3) is 0 Å². The van der Waals surface area contributed by atoms with Crippen molar-refractivity contribution in [2.45, 2.75) is 24.8 Å². The van der Waals surface area contributed by atoms with Crippen molar-refractivity contribution in [3.63, 3.8) is 0 Å². The van der Waals surface area contributed by atoms with Crippen LogP contribution in [0.2, 0.25) is 0 Å². The zero-order valence-corrected chi connectivity index (χ0v) is 7.65. The summed E-state index contributed by atoms with van der Waals surface area (Å²) in [4.78, 5) is 5.35. The second-order valence-corrected chi connectivity index (χ2v) is 2.78. The van der Waals surface area contributed by atoms with Crippen LogP contribution in [0.5, 0.6) is 0 Å². The highest BCUT2D eigenvalue weighted by molar-refractivity contribution is 4.87. The Morgan fingerprint density at radius 3 is 2.50 bits per heavy atom. The first-order chi connectivity index (χ1) is 6.81. The monoisotopic (exact) mass is 198 g/mol. The Balaban J connectivity index is 2.69. The van der Waals surface area contributed by atoms with E-state index in [1.807, 2.05) is 0 Å². The van der Waals surface area contributed by atoms with Crippen molar-refractivity contribution in [2.75, 3.05) is 13.7 Å². The summed E-state index contributed by atoms with van der Waals surface area (Å²) in [6.45, 7) is 0.215. The van der Waals surface area contributed by atoms with Crippen LogP contribution in [0.1, 0.15) is 6.42 Å². The minimum absolute atomic E-state index is 0.215. The molecule has 0 amide bonds. The number of ether oxygens (including phenoxy) is 2. The summed E-state index contributed by atoms with van der Waals surface area (Å²) in [7, 11) is 1.51. The van der Waals surface area contributed by atoms with Crippen LogP contribution in [-0.2, 0) is 9.47 Å². The number of hydrogen-bond donors (Lipinski definition) is 0. The van der Waals surface area contributed by atoms with E-state index in [0.29, 0.717) is 6.42 Å². The quantitative estimate of drug-likeness (QED) is 0.390. The lowest BCUT2D eigenvalue weighted by Gasteiger charge is -2.30. The highest BCUT2D eigenvalue weighted by atomic mass is 16.7.